The fraction of sp³-hybridized carbons (Fsp3) is 0.433. The Balaban J connectivity index is 1.17. The van der Waals surface area contributed by atoms with Crippen molar-refractivity contribution in [2.75, 3.05) is 13.1 Å². The van der Waals surface area contributed by atoms with Crippen molar-refractivity contribution in [2.24, 2.45) is 0 Å². The molecule has 1 fully saturated rings. The number of carbonyl (C=O) groups excluding carboxylic acids is 1. The number of nitrogens with zero attached hydrogens (tertiary/aromatic N) is 3. The van der Waals surface area contributed by atoms with Crippen molar-refractivity contribution in [3.63, 3.8) is 0 Å². The van der Waals surface area contributed by atoms with Crippen LogP contribution in [0.4, 0.5) is 0 Å². The van der Waals surface area contributed by atoms with Crippen LogP contribution in [0, 0.1) is 0 Å². The van der Waals surface area contributed by atoms with E-state index in [0.717, 1.165) is 42.5 Å². The molecule has 0 unspecified atom stereocenters. The number of fused-ring (bicyclic) bond motifs is 2. The van der Waals surface area contributed by atoms with E-state index < -0.39 is 0 Å². The molecule has 1 N–H and O–H groups in total. The van der Waals surface area contributed by atoms with Gasteiger partial charge in [-0.25, -0.2) is 4.98 Å². The number of aromatic nitrogens is 3. The zero-order valence-electron chi connectivity index (χ0n) is 21.6. The number of benzene rings is 2. The van der Waals surface area contributed by atoms with Gasteiger partial charge in [0.05, 0.1) is 16.2 Å². The molecule has 6 rings (SSSR count). The fourth-order valence-electron chi connectivity index (χ4n) is 5.96. The van der Waals surface area contributed by atoms with Gasteiger partial charge in [-0.05, 0) is 59.8 Å². The number of H-pyrrole nitrogens is 1. The van der Waals surface area contributed by atoms with Crippen LogP contribution in [0.5, 0.6) is 0 Å². The predicted molar refractivity (Wildman–Crippen MR) is 147 cm³/mol. The smallest absolute Gasteiger partial charge is 0.274 e. The molecular formula is C30H34N4OS. The zero-order chi connectivity index (χ0) is 25.1. The summed E-state index contributed by atoms with van der Waals surface area (Å²) in [6, 6.07) is 14.8. The fourth-order valence-corrected chi connectivity index (χ4v) is 6.96. The van der Waals surface area contributed by atoms with Gasteiger partial charge in [-0.15, -0.1) is 11.3 Å². The molecule has 1 aliphatic heterocycles. The number of nitrogens with one attached hydrogen (secondary N) is 1. The lowest BCUT2D eigenvalue weighted by molar-refractivity contribution is 0.0709. The molecule has 4 aromatic rings. The highest BCUT2D eigenvalue weighted by Gasteiger charge is 2.37. The molecule has 1 amide bonds. The van der Waals surface area contributed by atoms with E-state index in [1.54, 1.807) is 11.3 Å². The summed E-state index contributed by atoms with van der Waals surface area (Å²) in [5, 5.41) is 11.6. The summed E-state index contributed by atoms with van der Waals surface area (Å²) in [5.74, 6) is 0.419. The van der Waals surface area contributed by atoms with E-state index in [-0.39, 0.29) is 16.7 Å². The van der Waals surface area contributed by atoms with Gasteiger partial charge >= 0.3 is 0 Å². The third-order valence-corrected chi connectivity index (χ3v) is 9.48. The molecule has 6 heteroatoms. The second kappa shape index (κ2) is 8.55. The highest BCUT2D eigenvalue weighted by molar-refractivity contribution is 7.10. The molecule has 0 radical (unpaired) electrons. The van der Waals surface area contributed by atoms with Crippen LogP contribution in [0.1, 0.15) is 85.9 Å². The van der Waals surface area contributed by atoms with Crippen LogP contribution < -0.4 is 0 Å². The first-order valence-electron chi connectivity index (χ1n) is 13.1. The van der Waals surface area contributed by atoms with Crippen molar-refractivity contribution >= 4 is 28.1 Å². The number of rotatable bonds is 3. The van der Waals surface area contributed by atoms with Crippen molar-refractivity contribution in [1.29, 1.82) is 0 Å². The van der Waals surface area contributed by atoms with Gasteiger partial charge < -0.3 is 4.90 Å². The van der Waals surface area contributed by atoms with E-state index in [0.29, 0.717) is 11.6 Å². The molecule has 186 valence electrons. The monoisotopic (exact) mass is 498 g/mol. The van der Waals surface area contributed by atoms with Crippen molar-refractivity contribution in [3.8, 4) is 11.3 Å². The maximum absolute atomic E-state index is 13.2. The van der Waals surface area contributed by atoms with Crippen LogP contribution in [0.15, 0.2) is 47.8 Å². The van der Waals surface area contributed by atoms with Gasteiger partial charge in [0, 0.05) is 35.3 Å². The van der Waals surface area contributed by atoms with Gasteiger partial charge in [-0.2, -0.15) is 5.10 Å². The van der Waals surface area contributed by atoms with Crippen molar-refractivity contribution in [2.45, 2.75) is 70.1 Å². The third kappa shape index (κ3) is 3.96. The van der Waals surface area contributed by atoms with Gasteiger partial charge in [0.15, 0.2) is 5.69 Å². The van der Waals surface area contributed by atoms with E-state index in [4.69, 9.17) is 4.98 Å². The van der Waals surface area contributed by atoms with Gasteiger partial charge in [-0.1, -0.05) is 58.0 Å². The Kier molecular flexibility index (Phi) is 5.56. The molecule has 1 aliphatic carbocycles. The first kappa shape index (κ1) is 23.4. The lowest BCUT2D eigenvalue weighted by Crippen LogP contribution is -2.38. The zero-order valence-corrected chi connectivity index (χ0v) is 22.4. The Hall–Kier alpha value is -2.99. The highest BCUT2D eigenvalue weighted by Crippen LogP contribution is 2.47. The number of hydrogen-bond acceptors (Lipinski definition) is 4. The molecule has 1 saturated heterocycles. The summed E-state index contributed by atoms with van der Waals surface area (Å²) in [7, 11) is 0. The van der Waals surface area contributed by atoms with Gasteiger partial charge in [0.2, 0.25) is 0 Å². The van der Waals surface area contributed by atoms with Crippen molar-refractivity contribution in [1.82, 2.24) is 20.1 Å². The second-order valence-electron chi connectivity index (χ2n) is 11.8. The van der Waals surface area contributed by atoms with Crippen LogP contribution in [-0.2, 0) is 10.8 Å². The molecule has 0 bridgehead atoms. The first-order valence-corrected chi connectivity index (χ1v) is 13.9. The minimum absolute atomic E-state index is 0.0188. The standard InChI is InChI=1S/C30H34N4OS/c1-29(2)13-14-30(3,4)23-17-20(9-10-22(23)29)25-18-36-27(31-25)19-11-15-34(16-12-19)28(35)26-21-7-5-6-8-24(21)32-33-26/h5-10,17-19H,11-16H2,1-4H3,(H,32,33). The molecule has 2 aromatic heterocycles. The number of amides is 1. The van der Waals surface area contributed by atoms with Crippen molar-refractivity contribution in [3.05, 3.63) is 69.7 Å². The SMILES string of the molecule is CC1(C)CCC(C)(C)c2cc(-c3csc(C4CCN(C(=O)c5n[nH]c6ccccc56)CC4)n3)ccc21. The number of para-hydroxylation sites is 1. The van der Waals surface area contributed by atoms with Crippen LogP contribution in [0.2, 0.25) is 0 Å². The average molecular weight is 499 g/mol. The summed E-state index contributed by atoms with van der Waals surface area (Å²) in [4.78, 5) is 20.2. The lowest BCUT2D eigenvalue weighted by Gasteiger charge is -2.42. The van der Waals surface area contributed by atoms with Gasteiger partial charge in [0.1, 0.15) is 0 Å². The number of likely N-dealkylation sites (tertiary alicyclic amines) is 1. The second-order valence-corrected chi connectivity index (χ2v) is 12.7. The molecule has 5 nitrogen and oxygen atoms in total. The topological polar surface area (TPSA) is 61.9 Å². The molecule has 3 heterocycles. The first-order chi connectivity index (χ1) is 17.2. The van der Waals surface area contributed by atoms with Gasteiger partial charge in [-0.3, -0.25) is 9.89 Å². The van der Waals surface area contributed by atoms with Crippen LogP contribution in [0.25, 0.3) is 22.2 Å². The number of piperidine rings is 1. The summed E-state index contributed by atoms with van der Waals surface area (Å²) in [6.45, 7) is 11.0. The molecule has 0 saturated carbocycles. The number of thiazole rings is 1. The maximum Gasteiger partial charge on any atom is 0.274 e. The minimum atomic E-state index is 0.0188. The van der Waals surface area contributed by atoms with E-state index in [1.807, 2.05) is 29.2 Å². The molecule has 36 heavy (non-hydrogen) atoms. The van der Waals surface area contributed by atoms with Crippen molar-refractivity contribution < 1.29 is 4.79 Å². The van der Waals surface area contributed by atoms with Crippen LogP contribution in [0.3, 0.4) is 0 Å². The van der Waals surface area contributed by atoms with E-state index >= 15 is 0 Å². The average Bonchev–Trinajstić information content (AvgIpc) is 3.54. The molecule has 2 aromatic carbocycles. The maximum atomic E-state index is 13.2. The Labute approximate surface area is 217 Å². The minimum Gasteiger partial charge on any atom is -0.337 e. The Morgan fingerprint density at radius 2 is 1.72 bits per heavy atom. The quantitative estimate of drug-likeness (QED) is 0.329. The lowest BCUT2D eigenvalue weighted by atomic mass is 9.63. The largest absolute Gasteiger partial charge is 0.337 e. The highest BCUT2D eigenvalue weighted by atomic mass is 32.1. The molecule has 0 atom stereocenters. The number of hydrogen-bond donors (Lipinski definition) is 1. The summed E-state index contributed by atoms with van der Waals surface area (Å²) >= 11 is 1.77. The third-order valence-electron chi connectivity index (χ3n) is 8.47. The normalized spacial score (nSPS) is 19.4. The molecular weight excluding hydrogens is 464 g/mol. The van der Waals surface area contributed by atoms with E-state index in [9.17, 15) is 4.79 Å². The Morgan fingerprint density at radius 3 is 2.50 bits per heavy atom. The van der Waals surface area contributed by atoms with E-state index in [2.05, 4.69) is 61.5 Å². The summed E-state index contributed by atoms with van der Waals surface area (Å²) in [6.07, 6.45) is 4.31. The number of aromatic amines is 1. The van der Waals surface area contributed by atoms with Crippen LogP contribution in [-0.4, -0.2) is 39.1 Å². The Bertz CT molecular complexity index is 1440. The molecule has 0 spiro atoms. The summed E-state index contributed by atoms with van der Waals surface area (Å²) < 4.78 is 0. The van der Waals surface area contributed by atoms with Gasteiger partial charge in [0.25, 0.3) is 5.91 Å². The number of carbonyl (C=O) groups is 1. The molecule has 2 aliphatic rings. The van der Waals surface area contributed by atoms with Crippen LogP contribution >= 0.6 is 11.3 Å². The Morgan fingerprint density at radius 1 is 1.00 bits per heavy atom. The predicted octanol–water partition coefficient (Wildman–Crippen LogP) is 7.06. The van der Waals surface area contributed by atoms with E-state index in [1.165, 1.54) is 34.5 Å². The summed E-state index contributed by atoms with van der Waals surface area (Å²) in [5.41, 5.74) is 7.11.